The number of ketones is 4. The van der Waals surface area contributed by atoms with Crippen LogP contribution in [-0.2, 0) is 52.9 Å². The Kier molecular flexibility index (Phi) is 35.8. The molecule has 115 heavy (non-hydrogen) atoms. The predicted molar refractivity (Wildman–Crippen MR) is 435 cm³/mol. The van der Waals surface area contributed by atoms with Crippen LogP contribution >= 0.6 is 0 Å². The van der Waals surface area contributed by atoms with E-state index in [-0.39, 0.29) is 97.7 Å². The van der Waals surface area contributed by atoms with E-state index in [9.17, 15) is 67.7 Å². The molecule has 24 nitrogen and oxygen atoms in total. The molecule has 10 N–H and O–H groups in total. The average molecular weight is 1560 g/mol. The summed E-state index contributed by atoms with van der Waals surface area (Å²) in [6.07, 6.45) is 4.09. The van der Waals surface area contributed by atoms with Crippen LogP contribution in [0.3, 0.4) is 0 Å². The quantitative estimate of drug-likeness (QED) is 0.0138. The zero-order valence-electron chi connectivity index (χ0n) is 64.3. The van der Waals surface area contributed by atoms with Crippen LogP contribution in [0.15, 0.2) is 243 Å². The van der Waals surface area contributed by atoms with Crippen LogP contribution in [0.5, 0.6) is 5.75 Å². The smallest absolute Gasteiger partial charge is 0.336 e. The number of carboxylic acids is 5. The lowest BCUT2D eigenvalue weighted by molar-refractivity contribution is -0.117. The van der Waals surface area contributed by atoms with Gasteiger partial charge in [-0.15, -0.1) is 0 Å². The molecule has 0 radical (unpaired) electrons. The van der Waals surface area contributed by atoms with Gasteiger partial charge in [-0.25, -0.2) is 24.0 Å². The van der Waals surface area contributed by atoms with Crippen molar-refractivity contribution in [2.45, 2.75) is 104 Å². The topological polar surface area (TPSA) is 401 Å². The highest BCUT2D eigenvalue weighted by atomic mass is 16.5. The van der Waals surface area contributed by atoms with E-state index in [0.29, 0.717) is 68.1 Å². The van der Waals surface area contributed by atoms with Crippen LogP contribution in [0.4, 0.5) is 17.1 Å². The van der Waals surface area contributed by atoms with Gasteiger partial charge < -0.3 is 66.0 Å². The first-order chi connectivity index (χ1) is 54.8. The van der Waals surface area contributed by atoms with Gasteiger partial charge in [0.2, 0.25) is 0 Å². The molecule has 0 aliphatic heterocycles. The lowest BCUT2D eigenvalue weighted by Gasteiger charge is -2.16. The number of hydrogen-bond donors (Lipinski definition) is 10. The molecule has 0 aromatic heterocycles. The van der Waals surface area contributed by atoms with Gasteiger partial charge in [0, 0.05) is 61.0 Å². The maximum atomic E-state index is 12.3. The normalized spacial score (nSPS) is 10.7. The number of aromatic carboxylic acids is 5. The number of aryl methyl sites for hydroxylation is 3. The lowest BCUT2D eigenvalue weighted by atomic mass is 9.97. The molecule has 24 heteroatoms. The van der Waals surface area contributed by atoms with E-state index in [0.717, 1.165) is 46.2 Å². The first-order valence-electron chi connectivity index (χ1n) is 36.4. The first kappa shape index (κ1) is 90.2. The maximum absolute atomic E-state index is 12.3. The van der Waals surface area contributed by atoms with Crippen molar-refractivity contribution in [2.24, 2.45) is 0 Å². The molecule has 0 bridgehead atoms. The zero-order chi connectivity index (χ0) is 84.2. The first-order valence-corrected chi connectivity index (χ1v) is 36.4. The molecular formula is C91H91N3O21. The second-order valence-electron chi connectivity index (χ2n) is 27.0. The number of methoxy groups -OCH3 is 1. The van der Waals surface area contributed by atoms with Crippen molar-refractivity contribution in [2.75, 3.05) is 36.3 Å². The van der Waals surface area contributed by atoms with E-state index < -0.39 is 53.2 Å². The SMILES string of the molecule is CC(=O)CCc1cccc(NC(=O)c2ccccc2C(=O)O)c1.CC(=O)Cc1cccc(CC(=O)c2ccccc2C(=O)O)c1.CC(C)(O)CCc1ccc(NC(=O)c2ccccc2C(=O)O)cc1.CC(O)CCc1ccc(NC(=O)c2ccccc2C(=O)O)cc1.COCCOc1ccc(CC(=O)c2ccccc2C(=O)O)cc1. The Labute approximate surface area is 665 Å². The number of carbonyl (C=O) groups excluding carboxylic acids is 7. The van der Waals surface area contributed by atoms with Crippen LogP contribution in [0.1, 0.15) is 191 Å². The number of carboxylic acid groups (broad SMARTS) is 5. The third-order valence-electron chi connectivity index (χ3n) is 17.0. The van der Waals surface area contributed by atoms with Crippen molar-refractivity contribution >= 4 is 87.8 Å². The fraction of sp³-hybridized carbons (Fsp3) is 0.209. The molecule has 1 atom stereocenters. The molecule has 1 unspecified atom stereocenters. The van der Waals surface area contributed by atoms with Gasteiger partial charge in [-0.2, -0.15) is 0 Å². The number of ether oxygens (including phenoxy) is 2. The maximum Gasteiger partial charge on any atom is 0.336 e. The molecule has 0 saturated carbocycles. The summed E-state index contributed by atoms with van der Waals surface area (Å²) in [5, 5.41) is 72.8. The van der Waals surface area contributed by atoms with Crippen LogP contribution in [0, 0.1) is 0 Å². The Hall–Kier alpha value is -13.7. The molecule has 0 saturated heterocycles. The Morgan fingerprint density at radius 2 is 0.704 bits per heavy atom. The molecule has 10 aromatic rings. The minimum absolute atomic E-state index is 0.00684. The van der Waals surface area contributed by atoms with Gasteiger partial charge in [0.15, 0.2) is 11.6 Å². The van der Waals surface area contributed by atoms with E-state index in [1.54, 1.807) is 167 Å². The number of Topliss-reactive ketones (excluding diaryl/α,β-unsaturated/α-hetero) is 4. The second kappa shape index (κ2) is 45.6. The minimum atomic E-state index is -1.15. The monoisotopic (exact) mass is 1560 g/mol. The van der Waals surface area contributed by atoms with Gasteiger partial charge in [-0.3, -0.25) is 28.8 Å². The average Bonchev–Trinajstić information content (AvgIpc) is 0.856. The van der Waals surface area contributed by atoms with Gasteiger partial charge in [0.25, 0.3) is 17.7 Å². The molecule has 3 amide bonds. The van der Waals surface area contributed by atoms with Gasteiger partial charge >= 0.3 is 29.8 Å². The van der Waals surface area contributed by atoms with Crippen molar-refractivity contribution in [3.63, 3.8) is 0 Å². The number of benzene rings is 10. The fourth-order valence-electron chi connectivity index (χ4n) is 11.1. The number of anilines is 3. The van der Waals surface area contributed by atoms with Gasteiger partial charge in [0.1, 0.15) is 23.9 Å². The number of nitrogens with one attached hydrogen (secondary N) is 3. The summed E-state index contributed by atoms with van der Waals surface area (Å²) in [6, 6.07) is 66.7. The molecule has 10 rings (SSSR count). The molecule has 0 heterocycles. The van der Waals surface area contributed by atoms with Crippen molar-refractivity contribution in [1.82, 2.24) is 0 Å². The molecule has 10 aromatic carbocycles. The molecular weight excluding hydrogens is 1470 g/mol. The van der Waals surface area contributed by atoms with Gasteiger partial charge in [-0.1, -0.05) is 146 Å². The largest absolute Gasteiger partial charge is 0.491 e. The number of carbonyl (C=O) groups is 12. The minimum Gasteiger partial charge on any atom is -0.491 e. The highest BCUT2D eigenvalue weighted by molar-refractivity contribution is 6.13. The number of aliphatic hydroxyl groups excluding tert-OH is 1. The third kappa shape index (κ3) is 31.2. The Morgan fingerprint density at radius 3 is 1.09 bits per heavy atom. The van der Waals surface area contributed by atoms with Gasteiger partial charge in [0.05, 0.1) is 62.8 Å². The predicted octanol–water partition coefficient (Wildman–Crippen LogP) is 15.2. The van der Waals surface area contributed by atoms with Gasteiger partial charge in [-0.05, 0) is 197 Å². The molecule has 596 valence electrons. The lowest BCUT2D eigenvalue weighted by Crippen LogP contribution is -2.19. The van der Waals surface area contributed by atoms with Crippen LogP contribution in [0.2, 0.25) is 0 Å². The highest BCUT2D eigenvalue weighted by Gasteiger charge is 2.22. The van der Waals surface area contributed by atoms with E-state index in [1.807, 2.05) is 42.5 Å². The van der Waals surface area contributed by atoms with Crippen LogP contribution < -0.4 is 20.7 Å². The van der Waals surface area contributed by atoms with Crippen molar-refractivity contribution in [3.8, 4) is 5.75 Å². The summed E-state index contributed by atoms with van der Waals surface area (Å²) in [5.41, 5.74) is 7.21. The van der Waals surface area contributed by atoms with E-state index in [2.05, 4.69) is 16.0 Å². The Morgan fingerprint density at radius 1 is 0.357 bits per heavy atom. The third-order valence-corrected chi connectivity index (χ3v) is 17.0. The second-order valence-corrected chi connectivity index (χ2v) is 27.0. The fourth-order valence-corrected chi connectivity index (χ4v) is 11.1. The number of rotatable bonds is 32. The zero-order valence-corrected chi connectivity index (χ0v) is 64.3. The standard InChI is InChI=1S/C19H21NO4.C18H17NO4.C18H19NO4.C18H18O5.C18H16O4/c1-19(2,24)12-11-13-7-9-14(10-8-13)20-17(21)15-5-3-4-6-16(15)18(22)23;1-12(20)9-10-13-5-4-6-14(11-13)19-17(21)15-7-2-3-8-16(15)18(22)23;1-12(20)6-7-13-8-10-14(11-9-13)19-17(21)15-4-2-3-5-16(15)18(22)23;1-22-10-11-23-14-8-6-13(7-9-14)12-17(19)15-4-2-3-5-16(15)18(20)21;1-12(19)9-13-5-4-6-14(10-13)11-17(20)15-7-2-3-8-16(15)18(21)22/h3-10,24H,11-12H2,1-2H3,(H,20,21)(H,22,23);2-8,11H,9-10H2,1H3,(H,19,21)(H,22,23);2-5,8-12,20H,6-7H2,1H3,(H,19,21)(H,22,23);2-9H,10-12H2,1H3,(H,20,21);2-8,10H,9,11H2,1H3,(H,21,22). The van der Waals surface area contributed by atoms with E-state index >= 15 is 0 Å². The van der Waals surface area contributed by atoms with Crippen molar-refractivity contribution < 1.29 is 103 Å². The number of aliphatic hydroxyl groups is 2. The van der Waals surface area contributed by atoms with E-state index in [4.69, 9.17) is 35.0 Å². The van der Waals surface area contributed by atoms with E-state index in [1.165, 1.54) is 74.5 Å². The number of amides is 3. The number of hydrogen-bond acceptors (Lipinski definition) is 16. The summed E-state index contributed by atoms with van der Waals surface area (Å²) in [6.45, 7) is 9.29. The van der Waals surface area contributed by atoms with Crippen molar-refractivity contribution in [1.29, 1.82) is 0 Å². The summed E-state index contributed by atoms with van der Waals surface area (Å²) in [7, 11) is 1.60. The molecule has 0 aliphatic carbocycles. The highest BCUT2D eigenvalue weighted by Crippen LogP contribution is 2.23. The summed E-state index contributed by atoms with van der Waals surface area (Å²) < 4.78 is 10.4. The Bertz CT molecular complexity index is 5040. The molecule has 0 aliphatic rings. The molecule has 0 spiro atoms. The van der Waals surface area contributed by atoms with Crippen LogP contribution in [-0.4, -0.2) is 138 Å². The Balaban J connectivity index is 0.000000224. The molecule has 0 fully saturated rings. The summed E-state index contributed by atoms with van der Waals surface area (Å²) in [5.74, 6) is -6.65. The summed E-state index contributed by atoms with van der Waals surface area (Å²) >= 11 is 0. The van der Waals surface area contributed by atoms with Crippen LogP contribution in [0.25, 0.3) is 0 Å². The summed E-state index contributed by atoms with van der Waals surface area (Å²) in [4.78, 5) is 139. The van der Waals surface area contributed by atoms with Crippen molar-refractivity contribution in [3.05, 3.63) is 332 Å².